The second-order valence-corrected chi connectivity index (χ2v) is 6.79. The minimum atomic E-state index is -0.233. The number of methoxy groups -OCH3 is 2. The predicted octanol–water partition coefficient (Wildman–Crippen LogP) is 5.21. The van der Waals surface area contributed by atoms with Crippen LogP contribution in [0.5, 0.6) is 23.1 Å². The van der Waals surface area contributed by atoms with E-state index in [1.54, 1.807) is 56.7 Å². The molecule has 1 heterocycles. The number of nitrogens with one attached hydrogen (secondary N) is 1. The molecule has 0 aliphatic carbocycles. The number of benzene rings is 3. The molecule has 0 atom stereocenters. The van der Waals surface area contributed by atoms with Crippen LogP contribution in [0.25, 0.3) is 11.3 Å². The monoisotopic (exact) mass is 427 g/mol. The summed E-state index contributed by atoms with van der Waals surface area (Å²) < 4.78 is 16.2. The molecule has 0 unspecified atom stereocenters. The maximum Gasteiger partial charge on any atom is 0.255 e. The number of carbonyl (C=O) groups excluding carboxylic acids is 1. The van der Waals surface area contributed by atoms with Crippen LogP contribution in [0.4, 0.5) is 5.69 Å². The standard InChI is InChI=1S/C25H21N3O4/c1-30-20-9-11-21(12-10-20)32-24-15-23(26-16-27-24)17-5-3-6-18(13-17)25(29)28-19-7-4-8-22(14-19)31-2/h3-16H,1-2H3,(H,28,29). The molecular weight excluding hydrogens is 406 g/mol. The lowest BCUT2D eigenvalue weighted by molar-refractivity contribution is 0.102. The highest BCUT2D eigenvalue weighted by Crippen LogP contribution is 2.26. The molecule has 7 nitrogen and oxygen atoms in total. The van der Waals surface area contributed by atoms with Crippen molar-refractivity contribution in [1.82, 2.24) is 9.97 Å². The van der Waals surface area contributed by atoms with E-state index < -0.39 is 0 Å². The smallest absolute Gasteiger partial charge is 0.255 e. The van der Waals surface area contributed by atoms with Gasteiger partial charge in [0.1, 0.15) is 23.6 Å². The summed E-state index contributed by atoms with van der Waals surface area (Å²) in [5.74, 6) is 2.20. The Morgan fingerprint density at radius 2 is 1.53 bits per heavy atom. The fraction of sp³-hybridized carbons (Fsp3) is 0.0800. The fourth-order valence-corrected chi connectivity index (χ4v) is 3.04. The molecule has 32 heavy (non-hydrogen) atoms. The molecule has 0 aliphatic heterocycles. The largest absolute Gasteiger partial charge is 0.497 e. The van der Waals surface area contributed by atoms with E-state index in [-0.39, 0.29) is 5.91 Å². The van der Waals surface area contributed by atoms with Gasteiger partial charge in [0.15, 0.2) is 0 Å². The molecule has 4 rings (SSSR count). The number of rotatable bonds is 7. The maximum atomic E-state index is 12.7. The third-order valence-electron chi connectivity index (χ3n) is 4.67. The highest BCUT2D eigenvalue weighted by atomic mass is 16.5. The first-order valence-corrected chi connectivity index (χ1v) is 9.84. The number of amides is 1. The summed E-state index contributed by atoms with van der Waals surface area (Å²) in [5.41, 5.74) is 2.56. The van der Waals surface area contributed by atoms with Gasteiger partial charge in [-0.1, -0.05) is 18.2 Å². The number of nitrogens with zero attached hydrogens (tertiary/aromatic N) is 2. The van der Waals surface area contributed by atoms with Crippen LogP contribution >= 0.6 is 0 Å². The summed E-state index contributed by atoms with van der Waals surface area (Å²) in [5, 5.41) is 2.88. The zero-order valence-electron chi connectivity index (χ0n) is 17.6. The summed E-state index contributed by atoms with van der Waals surface area (Å²) in [6.45, 7) is 0. The molecule has 1 aromatic heterocycles. The SMILES string of the molecule is COc1ccc(Oc2cc(-c3cccc(C(=O)Nc4cccc(OC)c4)c3)ncn2)cc1. The summed E-state index contributed by atoms with van der Waals surface area (Å²) in [4.78, 5) is 21.2. The Morgan fingerprint density at radius 3 is 2.31 bits per heavy atom. The van der Waals surface area contributed by atoms with E-state index >= 15 is 0 Å². The van der Waals surface area contributed by atoms with Crippen molar-refractivity contribution in [2.75, 3.05) is 19.5 Å². The van der Waals surface area contributed by atoms with Crippen LogP contribution < -0.4 is 19.5 Å². The Hall–Kier alpha value is -4.39. The number of hydrogen-bond donors (Lipinski definition) is 1. The molecule has 0 fully saturated rings. The van der Waals surface area contributed by atoms with Gasteiger partial charge in [0.25, 0.3) is 5.91 Å². The number of anilines is 1. The van der Waals surface area contributed by atoms with Gasteiger partial charge in [-0.05, 0) is 48.5 Å². The molecule has 1 amide bonds. The van der Waals surface area contributed by atoms with Crippen LogP contribution in [-0.2, 0) is 0 Å². The van der Waals surface area contributed by atoms with Crippen molar-refractivity contribution in [3.63, 3.8) is 0 Å². The highest BCUT2D eigenvalue weighted by Gasteiger charge is 2.10. The summed E-state index contributed by atoms with van der Waals surface area (Å²) in [7, 11) is 3.19. The number of carbonyl (C=O) groups is 1. The average Bonchev–Trinajstić information content (AvgIpc) is 2.85. The minimum Gasteiger partial charge on any atom is -0.497 e. The quantitative estimate of drug-likeness (QED) is 0.436. The van der Waals surface area contributed by atoms with Crippen molar-refractivity contribution in [3.05, 3.63) is 90.8 Å². The van der Waals surface area contributed by atoms with Crippen LogP contribution in [0.1, 0.15) is 10.4 Å². The van der Waals surface area contributed by atoms with Crippen molar-refractivity contribution in [1.29, 1.82) is 0 Å². The topological polar surface area (TPSA) is 82.6 Å². The van der Waals surface area contributed by atoms with E-state index in [2.05, 4.69) is 15.3 Å². The maximum absolute atomic E-state index is 12.7. The molecule has 3 aromatic carbocycles. The Morgan fingerprint density at radius 1 is 0.781 bits per heavy atom. The van der Waals surface area contributed by atoms with Crippen LogP contribution in [-0.4, -0.2) is 30.1 Å². The molecule has 0 radical (unpaired) electrons. The van der Waals surface area contributed by atoms with Crippen molar-refractivity contribution >= 4 is 11.6 Å². The first-order chi connectivity index (χ1) is 15.6. The molecule has 0 saturated carbocycles. The van der Waals surface area contributed by atoms with Gasteiger partial charge in [0.05, 0.1) is 19.9 Å². The zero-order valence-corrected chi connectivity index (χ0v) is 17.6. The van der Waals surface area contributed by atoms with Crippen molar-refractivity contribution in [2.45, 2.75) is 0 Å². The molecule has 1 N–H and O–H groups in total. The lowest BCUT2D eigenvalue weighted by atomic mass is 10.1. The second-order valence-electron chi connectivity index (χ2n) is 6.79. The van der Waals surface area contributed by atoms with Crippen molar-refractivity contribution in [2.24, 2.45) is 0 Å². The summed E-state index contributed by atoms with van der Waals surface area (Å²) >= 11 is 0. The van der Waals surface area contributed by atoms with Gasteiger partial charge in [-0.15, -0.1) is 0 Å². The van der Waals surface area contributed by atoms with Gasteiger partial charge >= 0.3 is 0 Å². The summed E-state index contributed by atoms with van der Waals surface area (Å²) in [6, 6.07) is 23.3. The Bertz CT molecular complexity index is 1230. The number of ether oxygens (including phenoxy) is 3. The Balaban J connectivity index is 1.52. The summed E-state index contributed by atoms with van der Waals surface area (Å²) in [6.07, 6.45) is 1.43. The van der Waals surface area contributed by atoms with E-state index in [1.165, 1.54) is 6.33 Å². The van der Waals surface area contributed by atoms with Crippen molar-refractivity contribution in [3.8, 4) is 34.4 Å². The van der Waals surface area contributed by atoms with Gasteiger partial charge in [-0.2, -0.15) is 0 Å². The third kappa shape index (κ3) is 5.02. The van der Waals surface area contributed by atoms with Crippen LogP contribution in [0, 0.1) is 0 Å². The molecule has 4 aromatic rings. The van der Waals surface area contributed by atoms with E-state index in [4.69, 9.17) is 14.2 Å². The third-order valence-corrected chi connectivity index (χ3v) is 4.67. The lowest BCUT2D eigenvalue weighted by Crippen LogP contribution is -2.11. The minimum absolute atomic E-state index is 0.233. The van der Waals surface area contributed by atoms with E-state index in [9.17, 15) is 4.79 Å². The first-order valence-electron chi connectivity index (χ1n) is 9.84. The normalized spacial score (nSPS) is 10.3. The van der Waals surface area contributed by atoms with Crippen LogP contribution in [0.15, 0.2) is 85.2 Å². The number of hydrogen-bond acceptors (Lipinski definition) is 6. The van der Waals surface area contributed by atoms with Crippen LogP contribution in [0.3, 0.4) is 0 Å². The van der Waals surface area contributed by atoms with Crippen LogP contribution in [0.2, 0.25) is 0 Å². The van der Waals surface area contributed by atoms with E-state index in [0.717, 1.165) is 11.3 Å². The van der Waals surface area contributed by atoms with Gasteiger partial charge in [0, 0.05) is 28.9 Å². The second kappa shape index (κ2) is 9.61. The molecule has 160 valence electrons. The number of aromatic nitrogens is 2. The fourth-order valence-electron chi connectivity index (χ4n) is 3.04. The molecule has 0 spiro atoms. The van der Waals surface area contributed by atoms with E-state index in [1.807, 2.05) is 36.4 Å². The van der Waals surface area contributed by atoms with Gasteiger partial charge in [-0.25, -0.2) is 9.97 Å². The average molecular weight is 427 g/mol. The Labute approximate surface area is 185 Å². The van der Waals surface area contributed by atoms with E-state index in [0.29, 0.717) is 34.3 Å². The zero-order chi connectivity index (χ0) is 22.3. The van der Waals surface area contributed by atoms with Crippen molar-refractivity contribution < 1.29 is 19.0 Å². The first kappa shape index (κ1) is 20.9. The highest BCUT2D eigenvalue weighted by molar-refractivity contribution is 6.05. The van der Waals surface area contributed by atoms with Gasteiger partial charge in [0.2, 0.25) is 5.88 Å². The Kier molecular flexibility index (Phi) is 6.27. The van der Waals surface area contributed by atoms with Gasteiger partial charge < -0.3 is 19.5 Å². The van der Waals surface area contributed by atoms with Gasteiger partial charge in [-0.3, -0.25) is 4.79 Å². The molecule has 0 bridgehead atoms. The molecule has 0 aliphatic rings. The predicted molar refractivity (Wildman–Crippen MR) is 121 cm³/mol. The molecular formula is C25H21N3O4. The molecule has 0 saturated heterocycles. The molecule has 7 heteroatoms. The lowest BCUT2D eigenvalue weighted by Gasteiger charge is -2.09.